The highest BCUT2D eigenvalue weighted by Gasteiger charge is 2.38. The van der Waals surface area contributed by atoms with Crippen molar-refractivity contribution in [1.82, 2.24) is 10.6 Å². The predicted octanol–water partition coefficient (Wildman–Crippen LogP) is 1.58. The lowest BCUT2D eigenvalue weighted by Gasteiger charge is -2.22. The summed E-state index contributed by atoms with van der Waals surface area (Å²) in [6, 6.07) is -0.675. The summed E-state index contributed by atoms with van der Waals surface area (Å²) in [5, 5.41) is 3.96. The Balaban J connectivity index is 4.03. The summed E-state index contributed by atoms with van der Waals surface area (Å²) in [4.78, 5) is 21.7. The highest BCUT2D eigenvalue weighted by atomic mass is 19.4. The lowest BCUT2D eigenvalue weighted by molar-refractivity contribution is -0.173. The molecule has 0 saturated heterocycles. The number of carbonyl (C=O) groups excluding carboxylic acids is 2. The first-order valence-corrected chi connectivity index (χ1v) is 5.26. The van der Waals surface area contributed by atoms with E-state index in [1.165, 1.54) is 6.92 Å². The van der Waals surface area contributed by atoms with E-state index in [9.17, 15) is 22.8 Å². The van der Waals surface area contributed by atoms with E-state index in [4.69, 9.17) is 4.74 Å². The highest BCUT2D eigenvalue weighted by Crippen LogP contribution is 2.13. The van der Waals surface area contributed by atoms with E-state index in [-0.39, 0.29) is 6.54 Å². The Labute approximate surface area is 103 Å². The monoisotopic (exact) mass is 270 g/mol. The second kappa shape index (κ2) is 5.92. The molecule has 0 unspecified atom stereocenters. The van der Waals surface area contributed by atoms with Crippen molar-refractivity contribution in [3.8, 4) is 0 Å². The Kier molecular flexibility index (Phi) is 5.44. The van der Waals surface area contributed by atoms with Crippen LogP contribution < -0.4 is 10.6 Å². The molecule has 5 nitrogen and oxygen atoms in total. The van der Waals surface area contributed by atoms with Crippen LogP contribution in [0.25, 0.3) is 0 Å². The minimum Gasteiger partial charge on any atom is -0.444 e. The van der Waals surface area contributed by atoms with E-state index in [0.717, 1.165) is 0 Å². The molecule has 0 radical (unpaired) electrons. The summed E-state index contributed by atoms with van der Waals surface area (Å²) >= 11 is 0. The number of amides is 2. The lowest BCUT2D eigenvalue weighted by Crippen LogP contribution is -2.46. The smallest absolute Gasteiger partial charge is 0.444 e. The maximum atomic E-state index is 11.9. The summed E-state index contributed by atoms with van der Waals surface area (Å²) in [7, 11) is 0. The van der Waals surface area contributed by atoms with Gasteiger partial charge in [-0.1, -0.05) is 0 Å². The molecule has 0 heterocycles. The number of rotatable bonds is 3. The molecular weight excluding hydrogens is 253 g/mol. The van der Waals surface area contributed by atoms with Crippen LogP contribution in [0.15, 0.2) is 0 Å². The summed E-state index contributed by atoms with van der Waals surface area (Å²) in [5.41, 5.74) is -0.695. The Bertz CT molecular complexity index is 310. The average Bonchev–Trinajstić information content (AvgIpc) is 2.08. The van der Waals surface area contributed by atoms with E-state index in [2.05, 4.69) is 5.32 Å². The van der Waals surface area contributed by atoms with Gasteiger partial charge in [0.25, 0.3) is 0 Å². The van der Waals surface area contributed by atoms with Crippen molar-refractivity contribution in [2.45, 2.75) is 45.5 Å². The molecule has 0 aromatic rings. The number of nitrogens with one attached hydrogen (secondary N) is 2. The van der Waals surface area contributed by atoms with Crippen LogP contribution in [0.3, 0.4) is 0 Å². The fraction of sp³-hybridized carbons (Fsp3) is 0.800. The third-order valence-electron chi connectivity index (χ3n) is 1.59. The minimum atomic E-state index is -4.92. The maximum Gasteiger partial charge on any atom is 0.471 e. The van der Waals surface area contributed by atoms with Crippen molar-refractivity contribution in [3.05, 3.63) is 0 Å². The molecule has 0 rings (SSSR count). The van der Waals surface area contributed by atoms with Crippen LogP contribution in [0, 0.1) is 0 Å². The first kappa shape index (κ1) is 16.5. The van der Waals surface area contributed by atoms with E-state index < -0.39 is 29.8 Å². The van der Waals surface area contributed by atoms with Gasteiger partial charge in [0.1, 0.15) is 5.60 Å². The summed E-state index contributed by atoms with van der Waals surface area (Å²) in [6.07, 6.45) is -5.68. The topological polar surface area (TPSA) is 67.4 Å². The number of hydrogen-bond donors (Lipinski definition) is 2. The van der Waals surface area contributed by atoms with E-state index >= 15 is 0 Å². The molecule has 0 aromatic heterocycles. The molecule has 8 heteroatoms. The van der Waals surface area contributed by atoms with Gasteiger partial charge in [-0.2, -0.15) is 13.2 Å². The van der Waals surface area contributed by atoms with Gasteiger partial charge in [0.05, 0.1) is 0 Å². The van der Waals surface area contributed by atoms with Crippen LogP contribution in [0.4, 0.5) is 18.0 Å². The first-order valence-electron chi connectivity index (χ1n) is 5.26. The van der Waals surface area contributed by atoms with Crippen molar-refractivity contribution in [3.63, 3.8) is 0 Å². The second-order valence-corrected chi connectivity index (χ2v) is 4.76. The van der Waals surface area contributed by atoms with Crippen molar-refractivity contribution in [1.29, 1.82) is 0 Å². The number of ether oxygens (including phenoxy) is 1. The standard InChI is InChI=1S/C10H17F3N2O3/c1-6(5-14-7(16)10(11,12)13)15-8(17)18-9(2,3)4/h6H,5H2,1-4H3,(H,14,16)(H,15,17)/t6-/m0/s1. The van der Waals surface area contributed by atoms with Gasteiger partial charge >= 0.3 is 18.2 Å². The molecule has 0 aliphatic rings. The number of alkyl halides is 3. The molecule has 0 aliphatic carbocycles. The molecular formula is C10H17F3N2O3. The average molecular weight is 270 g/mol. The van der Waals surface area contributed by atoms with Crippen LogP contribution in [-0.4, -0.2) is 36.4 Å². The molecule has 0 aromatic carbocycles. The fourth-order valence-electron chi connectivity index (χ4n) is 0.906. The SMILES string of the molecule is C[C@@H](CNC(=O)C(F)(F)F)NC(=O)OC(C)(C)C. The van der Waals surface area contributed by atoms with Gasteiger partial charge in [0.15, 0.2) is 0 Å². The van der Waals surface area contributed by atoms with Crippen LogP contribution >= 0.6 is 0 Å². The maximum absolute atomic E-state index is 11.9. The second-order valence-electron chi connectivity index (χ2n) is 4.76. The minimum absolute atomic E-state index is 0.336. The molecule has 2 amide bonds. The Morgan fingerprint density at radius 1 is 1.22 bits per heavy atom. The van der Waals surface area contributed by atoms with Gasteiger partial charge in [-0.05, 0) is 27.7 Å². The first-order chi connectivity index (χ1) is 7.92. The van der Waals surface area contributed by atoms with Crippen LogP contribution in [0.1, 0.15) is 27.7 Å². The van der Waals surface area contributed by atoms with E-state index in [1.54, 1.807) is 26.1 Å². The molecule has 0 aliphatic heterocycles. The Morgan fingerprint density at radius 3 is 2.11 bits per heavy atom. The van der Waals surface area contributed by atoms with Crippen molar-refractivity contribution < 1.29 is 27.5 Å². The third-order valence-corrected chi connectivity index (χ3v) is 1.59. The number of hydrogen-bond acceptors (Lipinski definition) is 3. The quantitative estimate of drug-likeness (QED) is 0.818. The Morgan fingerprint density at radius 2 is 1.72 bits per heavy atom. The number of alkyl carbamates (subject to hydrolysis) is 1. The molecule has 1 atom stereocenters. The zero-order valence-corrected chi connectivity index (χ0v) is 10.6. The number of halogens is 3. The molecule has 2 N–H and O–H groups in total. The van der Waals surface area contributed by atoms with Crippen molar-refractivity contribution >= 4 is 12.0 Å². The van der Waals surface area contributed by atoms with Crippen molar-refractivity contribution in [2.75, 3.05) is 6.54 Å². The highest BCUT2D eigenvalue weighted by molar-refractivity contribution is 5.81. The normalized spacial score (nSPS) is 13.7. The zero-order chi connectivity index (χ0) is 14.6. The molecule has 0 spiro atoms. The molecule has 0 bridgehead atoms. The van der Waals surface area contributed by atoms with Crippen LogP contribution in [-0.2, 0) is 9.53 Å². The Hall–Kier alpha value is -1.47. The third kappa shape index (κ3) is 7.75. The summed E-state index contributed by atoms with van der Waals surface area (Å²) < 4.78 is 40.5. The number of carbonyl (C=O) groups is 2. The van der Waals surface area contributed by atoms with Crippen molar-refractivity contribution in [2.24, 2.45) is 0 Å². The van der Waals surface area contributed by atoms with Gasteiger partial charge in [-0.3, -0.25) is 4.79 Å². The van der Waals surface area contributed by atoms with Gasteiger partial charge in [0, 0.05) is 12.6 Å². The predicted molar refractivity (Wildman–Crippen MR) is 57.9 cm³/mol. The van der Waals surface area contributed by atoms with Gasteiger partial charge in [-0.15, -0.1) is 0 Å². The van der Waals surface area contributed by atoms with E-state index in [1.807, 2.05) is 0 Å². The van der Waals surface area contributed by atoms with Crippen LogP contribution in [0.2, 0.25) is 0 Å². The van der Waals surface area contributed by atoms with Gasteiger partial charge in [0.2, 0.25) is 0 Å². The fourth-order valence-corrected chi connectivity index (χ4v) is 0.906. The summed E-state index contributed by atoms with van der Waals surface area (Å²) in [5.74, 6) is -2.04. The largest absolute Gasteiger partial charge is 0.471 e. The molecule has 18 heavy (non-hydrogen) atoms. The molecule has 106 valence electrons. The summed E-state index contributed by atoms with van der Waals surface area (Å²) in [6.45, 7) is 6.08. The molecule has 0 saturated carbocycles. The van der Waals surface area contributed by atoms with Gasteiger partial charge < -0.3 is 15.4 Å². The molecule has 0 fully saturated rings. The van der Waals surface area contributed by atoms with Crippen LogP contribution in [0.5, 0.6) is 0 Å². The van der Waals surface area contributed by atoms with Gasteiger partial charge in [-0.25, -0.2) is 4.79 Å². The lowest BCUT2D eigenvalue weighted by atomic mass is 10.2. The zero-order valence-electron chi connectivity index (χ0n) is 10.6. The van der Waals surface area contributed by atoms with E-state index in [0.29, 0.717) is 0 Å².